The van der Waals surface area contributed by atoms with Gasteiger partial charge in [-0.1, -0.05) is 55.5 Å². The van der Waals surface area contributed by atoms with Gasteiger partial charge >= 0.3 is 0 Å². The predicted octanol–water partition coefficient (Wildman–Crippen LogP) is 5.55. The lowest BCUT2D eigenvalue weighted by Crippen LogP contribution is -2.19. The Morgan fingerprint density at radius 3 is 2.33 bits per heavy atom. The van der Waals surface area contributed by atoms with Crippen LogP contribution in [0.15, 0.2) is 48.6 Å². The van der Waals surface area contributed by atoms with E-state index in [1.807, 2.05) is 0 Å². The Bertz CT molecular complexity index is 492. The number of hydrogen-bond acceptors (Lipinski definition) is 0. The van der Waals surface area contributed by atoms with Crippen molar-refractivity contribution < 1.29 is 0 Å². The van der Waals surface area contributed by atoms with Crippen LogP contribution in [0.25, 0.3) is 0 Å². The fourth-order valence-corrected chi connectivity index (χ4v) is 5.63. The van der Waals surface area contributed by atoms with Gasteiger partial charge in [-0.15, -0.1) is 0 Å². The molecule has 0 radical (unpaired) electrons. The molecule has 21 heavy (non-hydrogen) atoms. The molecule has 0 spiro atoms. The van der Waals surface area contributed by atoms with Gasteiger partial charge in [-0.05, 0) is 73.5 Å². The Kier molecular flexibility index (Phi) is 3.65. The highest BCUT2D eigenvalue weighted by atomic mass is 14.4. The minimum Gasteiger partial charge on any atom is -0.0808 e. The number of rotatable bonds is 3. The third-order valence-corrected chi connectivity index (χ3v) is 6.75. The van der Waals surface area contributed by atoms with Crippen molar-refractivity contribution in [1.29, 1.82) is 0 Å². The summed E-state index contributed by atoms with van der Waals surface area (Å²) in [6, 6.07) is 0. The standard InChI is InChI=1S/C21H28/c1-15-14-18-7-3-5-9-21(18)19(15)13-12-17-11-10-16-6-2-4-8-20(16)17/h2-9,15-21H,10-14H2,1H3/t15-,16?,17?,18?,19?,20?,21?/m1/s1. The van der Waals surface area contributed by atoms with Crippen molar-refractivity contribution in [3.63, 3.8) is 0 Å². The van der Waals surface area contributed by atoms with E-state index in [-0.39, 0.29) is 0 Å². The molecule has 0 saturated heterocycles. The number of fused-ring (bicyclic) bond motifs is 2. The minimum atomic E-state index is 0.837. The van der Waals surface area contributed by atoms with Crippen LogP contribution >= 0.6 is 0 Å². The molecule has 4 aliphatic carbocycles. The molecule has 7 atom stereocenters. The first-order chi connectivity index (χ1) is 10.3. The van der Waals surface area contributed by atoms with Crippen molar-refractivity contribution in [2.24, 2.45) is 41.4 Å². The molecule has 0 amide bonds. The van der Waals surface area contributed by atoms with Gasteiger partial charge in [-0.25, -0.2) is 0 Å². The lowest BCUT2D eigenvalue weighted by Gasteiger charge is -2.27. The molecule has 0 N–H and O–H groups in total. The van der Waals surface area contributed by atoms with Gasteiger partial charge < -0.3 is 0 Å². The van der Waals surface area contributed by atoms with Crippen molar-refractivity contribution in [2.75, 3.05) is 0 Å². The zero-order chi connectivity index (χ0) is 14.2. The van der Waals surface area contributed by atoms with Gasteiger partial charge in [0.2, 0.25) is 0 Å². The van der Waals surface area contributed by atoms with E-state index in [4.69, 9.17) is 0 Å². The van der Waals surface area contributed by atoms with Gasteiger partial charge in [0.25, 0.3) is 0 Å². The van der Waals surface area contributed by atoms with Crippen molar-refractivity contribution in [3.8, 4) is 0 Å². The topological polar surface area (TPSA) is 0 Å². The molecule has 2 saturated carbocycles. The van der Waals surface area contributed by atoms with Crippen LogP contribution in [-0.4, -0.2) is 0 Å². The van der Waals surface area contributed by atoms with Gasteiger partial charge in [0.05, 0.1) is 0 Å². The van der Waals surface area contributed by atoms with Gasteiger partial charge in [0.15, 0.2) is 0 Å². The summed E-state index contributed by atoms with van der Waals surface area (Å²) in [6.45, 7) is 2.49. The quantitative estimate of drug-likeness (QED) is 0.636. The fourth-order valence-electron chi connectivity index (χ4n) is 5.63. The molecule has 2 fully saturated rings. The molecule has 0 aromatic carbocycles. The second-order valence-corrected chi connectivity index (χ2v) is 7.81. The van der Waals surface area contributed by atoms with Crippen LogP contribution < -0.4 is 0 Å². The number of hydrogen-bond donors (Lipinski definition) is 0. The molecule has 0 aromatic heterocycles. The van der Waals surface area contributed by atoms with E-state index < -0.39 is 0 Å². The molecule has 6 unspecified atom stereocenters. The summed E-state index contributed by atoms with van der Waals surface area (Å²) in [5, 5.41) is 0. The molecule has 0 bridgehead atoms. The van der Waals surface area contributed by atoms with Gasteiger partial charge in [-0.2, -0.15) is 0 Å². The molecular formula is C21H28. The second-order valence-electron chi connectivity index (χ2n) is 7.81. The van der Waals surface area contributed by atoms with Crippen molar-refractivity contribution in [2.45, 2.75) is 39.0 Å². The van der Waals surface area contributed by atoms with Crippen molar-refractivity contribution in [1.82, 2.24) is 0 Å². The zero-order valence-corrected chi connectivity index (χ0v) is 13.2. The average Bonchev–Trinajstić information content (AvgIpc) is 3.06. The van der Waals surface area contributed by atoms with E-state index in [2.05, 4.69) is 55.5 Å². The van der Waals surface area contributed by atoms with Crippen LogP contribution in [0.3, 0.4) is 0 Å². The van der Waals surface area contributed by atoms with E-state index in [0.29, 0.717) is 0 Å². The molecule has 112 valence electrons. The molecule has 0 aliphatic heterocycles. The first-order valence-electron chi connectivity index (χ1n) is 9.03. The highest BCUT2D eigenvalue weighted by Crippen LogP contribution is 2.49. The summed E-state index contributed by atoms with van der Waals surface area (Å²) >= 11 is 0. The van der Waals surface area contributed by atoms with E-state index in [1.165, 1.54) is 32.1 Å². The highest BCUT2D eigenvalue weighted by Gasteiger charge is 2.40. The lowest BCUT2D eigenvalue weighted by atomic mass is 9.78. The van der Waals surface area contributed by atoms with Gasteiger partial charge in [0.1, 0.15) is 0 Å². The smallest absolute Gasteiger partial charge is 0.0136 e. The molecule has 0 nitrogen and oxygen atoms in total. The van der Waals surface area contributed by atoms with Crippen molar-refractivity contribution >= 4 is 0 Å². The third-order valence-electron chi connectivity index (χ3n) is 6.75. The summed E-state index contributed by atoms with van der Waals surface area (Å²) in [5.41, 5.74) is 0. The Hall–Kier alpha value is -1.04. The molecular weight excluding hydrogens is 252 g/mol. The summed E-state index contributed by atoms with van der Waals surface area (Å²) in [5.74, 6) is 6.17. The molecule has 4 rings (SSSR count). The maximum atomic E-state index is 2.50. The van der Waals surface area contributed by atoms with Crippen LogP contribution in [0, 0.1) is 41.4 Å². The summed E-state index contributed by atoms with van der Waals surface area (Å²) in [7, 11) is 0. The molecule has 4 aliphatic rings. The summed E-state index contributed by atoms with van der Waals surface area (Å²) < 4.78 is 0. The van der Waals surface area contributed by atoms with E-state index in [0.717, 1.165) is 41.4 Å². The third kappa shape index (κ3) is 2.47. The fraction of sp³-hybridized carbons (Fsp3) is 0.619. The van der Waals surface area contributed by atoms with Crippen LogP contribution in [0.4, 0.5) is 0 Å². The van der Waals surface area contributed by atoms with Crippen molar-refractivity contribution in [3.05, 3.63) is 48.6 Å². The molecule has 0 heteroatoms. The molecule has 0 heterocycles. The van der Waals surface area contributed by atoms with Crippen LogP contribution in [0.5, 0.6) is 0 Å². The largest absolute Gasteiger partial charge is 0.0808 e. The lowest BCUT2D eigenvalue weighted by molar-refractivity contribution is 0.283. The normalized spacial score (nSPS) is 46.8. The van der Waals surface area contributed by atoms with E-state index in [1.54, 1.807) is 0 Å². The Morgan fingerprint density at radius 1 is 0.762 bits per heavy atom. The maximum Gasteiger partial charge on any atom is -0.0136 e. The maximum absolute atomic E-state index is 2.50. The SMILES string of the molecule is C[C@@H]1CC2C=CC=CC2C1CCC1CCC2C=CC=CC21. The highest BCUT2D eigenvalue weighted by molar-refractivity contribution is 5.19. The van der Waals surface area contributed by atoms with Gasteiger partial charge in [-0.3, -0.25) is 0 Å². The van der Waals surface area contributed by atoms with Crippen LogP contribution in [-0.2, 0) is 0 Å². The van der Waals surface area contributed by atoms with E-state index >= 15 is 0 Å². The minimum absolute atomic E-state index is 0.837. The molecule has 0 aromatic rings. The first kappa shape index (κ1) is 13.6. The Balaban J connectivity index is 1.38. The van der Waals surface area contributed by atoms with Gasteiger partial charge in [0, 0.05) is 0 Å². The monoisotopic (exact) mass is 280 g/mol. The number of allylic oxidation sites excluding steroid dienone is 8. The summed E-state index contributed by atoms with van der Waals surface area (Å²) in [4.78, 5) is 0. The average molecular weight is 280 g/mol. The second kappa shape index (κ2) is 5.63. The first-order valence-corrected chi connectivity index (χ1v) is 9.03. The Labute approximate surface area is 129 Å². The summed E-state index contributed by atoms with van der Waals surface area (Å²) in [6.07, 6.45) is 26.2. The van der Waals surface area contributed by atoms with Crippen LogP contribution in [0.2, 0.25) is 0 Å². The predicted molar refractivity (Wildman–Crippen MR) is 89.7 cm³/mol. The van der Waals surface area contributed by atoms with E-state index in [9.17, 15) is 0 Å². The zero-order valence-electron chi connectivity index (χ0n) is 13.2. The van der Waals surface area contributed by atoms with Crippen LogP contribution in [0.1, 0.15) is 39.0 Å². The Morgan fingerprint density at radius 2 is 1.48 bits per heavy atom.